The molecule has 0 saturated heterocycles. The van der Waals surface area contributed by atoms with Crippen molar-refractivity contribution in [2.75, 3.05) is 6.54 Å². The minimum absolute atomic E-state index is 0.316. The summed E-state index contributed by atoms with van der Waals surface area (Å²) in [7, 11) is 0. The number of pyridine rings is 1. The predicted octanol–water partition coefficient (Wildman–Crippen LogP) is 3.09. The van der Waals surface area contributed by atoms with E-state index in [-0.39, 0.29) is 0 Å². The van der Waals surface area contributed by atoms with E-state index in [1.807, 2.05) is 35.3 Å². The van der Waals surface area contributed by atoms with E-state index in [1.165, 1.54) is 5.56 Å². The molecule has 3 aromatic rings. The van der Waals surface area contributed by atoms with Crippen molar-refractivity contribution in [2.24, 2.45) is 0 Å². The first-order valence-electron chi connectivity index (χ1n) is 6.91. The molecule has 0 saturated carbocycles. The summed E-state index contributed by atoms with van der Waals surface area (Å²) in [6, 6.07) is 12.6. The molecule has 0 fully saturated rings. The maximum atomic E-state index is 4.47. The molecular weight excluding hydrogens is 248 g/mol. The van der Waals surface area contributed by atoms with Gasteiger partial charge in [0.05, 0.1) is 11.0 Å². The van der Waals surface area contributed by atoms with Gasteiger partial charge >= 0.3 is 0 Å². The number of nitrogens with zero attached hydrogens (tertiary/aromatic N) is 3. The van der Waals surface area contributed by atoms with Gasteiger partial charge in [-0.05, 0) is 43.3 Å². The smallest absolute Gasteiger partial charge is 0.138 e. The fourth-order valence-corrected chi connectivity index (χ4v) is 2.40. The second-order valence-electron chi connectivity index (χ2n) is 4.83. The van der Waals surface area contributed by atoms with E-state index in [0.717, 1.165) is 23.4 Å². The first-order valence-corrected chi connectivity index (χ1v) is 6.91. The third-order valence-corrected chi connectivity index (χ3v) is 3.48. The number of aromatic nitrogens is 3. The van der Waals surface area contributed by atoms with Crippen molar-refractivity contribution in [3.05, 3.63) is 54.5 Å². The summed E-state index contributed by atoms with van der Waals surface area (Å²) in [5, 5.41) is 3.42. The Labute approximate surface area is 118 Å². The van der Waals surface area contributed by atoms with Crippen molar-refractivity contribution in [2.45, 2.75) is 19.9 Å². The highest BCUT2D eigenvalue weighted by Crippen LogP contribution is 2.19. The van der Waals surface area contributed by atoms with Crippen LogP contribution in [0.4, 0.5) is 0 Å². The van der Waals surface area contributed by atoms with Crippen molar-refractivity contribution in [3.8, 4) is 5.82 Å². The fraction of sp³-hybridized carbons (Fsp3) is 0.250. The van der Waals surface area contributed by atoms with Crippen LogP contribution in [0.3, 0.4) is 0 Å². The summed E-state index contributed by atoms with van der Waals surface area (Å²) in [5.74, 6) is 0.904. The van der Waals surface area contributed by atoms with Crippen molar-refractivity contribution < 1.29 is 0 Å². The molecule has 0 bridgehead atoms. The molecule has 20 heavy (non-hydrogen) atoms. The lowest BCUT2D eigenvalue weighted by Gasteiger charge is -2.13. The highest BCUT2D eigenvalue weighted by atomic mass is 15.1. The van der Waals surface area contributed by atoms with E-state index in [1.54, 1.807) is 0 Å². The summed E-state index contributed by atoms with van der Waals surface area (Å²) in [6.45, 7) is 5.23. The molecule has 0 aliphatic heterocycles. The summed E-state index contributed by atoms with van der Waals surface area (Å²) < 4.78 is 2.03. The van der Waals surface area contributed by atoms with Crippen LogP contribution in [0, 0.1) is 0 Å². The normalized spacial score (nSPS) is 12.7. The van der Waals surface area contributed by atoms with Crippen LogP contribution in [0.5, 0.6) is 0 Å². The molecule has 1 N–H and O–H groups in total. The Bertz CT molecular complexity index is 717. The van der Waals surface area contributed by atoms with E-state index in [9.17, 15) is 0 Å². The van der Waals surface area contributed by atoms with Gasteiger partial charge in [-0.1, -0.05) is 19.1 Å². The Morgan fingerprint density at radius 3 is 2.90 bits per heavy atom. The van der Waals surface area contributed by atoms with Crippen LogP contribution in [-0.2, 0) is 0 Å². The summed E-state index contributed by atoms with van der Waals surface area (Å²) >= 11 is 0. The van der Waals surface area contributed by atoms with Crippen LogP contribution < -0.4 is 5.32 Å². The second-order valence-corrected chi connectivity index (χ2v) is 4.83. The zero-order valence-corrected chi connectivity index (χ0v) is 11.7. The lowest BCUT2D eigenvalue weighted by atomic mass is 10.1. The number of nitrogens with one attached hydrogen (secondary N) is 1. The Balaban J connectivity index is 2.04. The van der Waals surface area contributed by atoms with Crippen molar-refractivity contribution >= 4 is 11.0 Å². The van der Waals surface area contributed by atoms with Gasteiger partial charge in [-0.2, -0.15) is 0 Å². The highest BCUT2D eigenvalue weighted by molar-refractivity contribution is 5.76. The van der Waals surface area contributed by atoms with Crippen molar-refractivity contribution in [3.63, 3.8) is 0 Å². The Morgan fingerprint density at radius 1 is 1.20 bits per heavy atom. The number of imidazole rings is 1. The first kappa shape index (κ1) is 12.8. The number of rotatable bonds is 4. The molecule has 2 heterocycles. The maximum absolute atomic E-state index is 4.47. The number of para-hydroxylation sites is 2. The van der Waals surface area contributed by atoms with Crippen LogP contribution in [0.2, 0.25) is 0 Å². The van der Waals surface area contributed by atoms with Crippen LogP contribution >= 0.6 is 0 Å². The molecule has 1 unspecified atom stereocenters. The van der Waals surface area contributed by atoms with Crippen LogP contribution in [0.15, 0.2) is 48.9 Å². The molecule has 1 aromatic carbocycles. The largest absolute Gasteiger partial charge is 0.310 e. The van der Waals surface area contributed by atoms with Gasteiger partial charge in [-0.3, -0.25) is 4.57 Å². The first-order chi connectivity index (χ1) is 9.79. The molecule has 4 heteroatoms. The quantitative estimate of drug-likeness (QED) is 0.789. The van der Waals surface area contributed by atoms with Gasteiger partial charge in [0.1, 0.15) is 12.1 Å². The monoisotopic (exact) mass is 266 g/mol. The molecule has 0 spiro atoms. The zero-order chi connectivity index (χ0) is 13.9. The molecule has 3 rings (SSSR count). The minimum Gasteiger partial charge on any atom is -0.310 e. The number of benzene rings is 1. The topological polar surface area (TPSA) is 42.7 Å². The standard InChI is InChI=1S/C16H18N4/c1-3-17-12(2)13-8-9-18-16(10-13)20-11-19-14-6-4-5-7-15(14)20/h4-12,17H,3H2,1-2H3. The highest BCUT2D eigenvalue weighted by Gasteiger charge is 2.08. The third kappa shape index (κ3) is 2.30. The number of fused-ring (bicyclic) bond motifs is 1. The average Bonchev–Trinajstić information content (AvgIpc) is 2.91. The molecule has 2 aromatic heterocycles. The molecule has 4 nitrogen and oxygen atoms in total. The lowest BCUT2D eigenvalue weighted by Crippen LogP contribution is -2.18. The van der Waals surface area contributed by atoms with Gasteiger partial charge in [-0.15, -0.1) is 0 Å². The number of hydrogen-bond acceptors (Lipinski definition) is 3. The van der Waals surface area contributed by atoms with Gasteiger partial charge in [0.15, 0.2) is 0 Å². The maximum Gasteiger partial charge on any atom is 0.138 e. The van der Waals surface area contributed by atoms with Crippen LogP contribution in [0.25, 0.3) is 16.9 Å². The van der Waals surface area contributed by atoms with Gasteiger partial charge in [-0.25, -0.2) is 9.97 Å². The van der Waals surface area contributed by atoms with Crippen molar-refractivity contribution in [1.29, 1.82) is 0 Å². The van der Waals surface area contributed by atoms with E-state index in [2.05, 4.69) is 47.3 Å². The summed E-state index contributed by atoms with van der Waals surface area (Å²) in [6.07, 6.45) is 3.68. The van der Waals surface area contributed by atoms with Crippen LogP contribution in [-0.4, -0.2) is 21.1 Å². The molecule has 0 aliphatic rings. The molecular formula is C16H18N4. The van der Waals surface area contributed by atoms with Gasteiger partial charge in [0.2, 0.25) is 0 Å². The summed E-state index contributed by atoms with van der Waals surface area (Å²) in [5.41, 5.74) is 3.29. The molecule has 1 atom stereocenters. The second kappa shape index (κ2) is 5.43. The van der Waals surface area contributed by atoms with E-state index < -0.39 is 0 Å². The van der Waals surface area contributed by atoms with Gasteiger partial charge in [0.25, 0.3) is 0 Å². The molecule has 0 aliphatic carbocycles. The minimum atomic E-state index is 0.316. The molecule has 0 amide bonds. The Hall–Kier alpha value is -2.20. The molecule has 0 radical (unpaired) electrons. The zero-order valence-electron chi connectivity index (χ0n) is 11.7. The van der Waals surface area contributed by atoms with E-state index in [4.69, 9.17) is 0 Å². The van der Waals surface area contributed by atoms with Crippen molar-refractivity contribution in [1.82, 2.24) is 19.9 Å². The van der Waals surface area contributed by atoms with E-state index in [0.29, 0.717) is 6.04 Å². The Kier molecular flexibility index (Phi) is 3.48. The SMILES string of the molecule is CCNC(C)c1ccnc(-n2cnc3ccccc32)c1. The van der Waals surface area contributed by atoms with Gasteiger partial charge in [0, 0.05) is 12.2 Å². The third-order valence-electron chi connectivity index (χ3n) is 3.48. The fourth-order valence-electron chi connectivity index (χ4n) is 2.40. The van der Waals surface area contributed by atoms with Crippen LogP contribution in [0.1, 0.15) is 25.5 Å². The van der Waals surface area contributed by atoms with Gasteiger partial charge < -0.3 is 5.32 Å². The number of hydrogen-bond donors (Lipinski definition) is 1. The Morgan fingerprint density at radius 2 is 2.05 bits per heavy atom. The summed E-state index contributed by atoms with van der Waals surface area (Å²) in [4.78, 5) is 8.88. The molecule has 102 valence electrons. The predicted molar refractivity (Wildman–Crippen MR) is 81.0 cm³/mol. The lowest BCUT2D eigenvalue weighted by molar-refractivity contribution is 0.597. The average molecular weight is 266 g/mol. The van der Waals surface area contributed by atoms with E-state index >= 15 is 0 Å².